The summed E-state index contributed by atoms with van der Waals surface area (Å²) in [7, 11) is 0. The van der Waals surface area contributed by atoms with Crippen molar-refractivity contribution in [1.29, 1.82) is 5.26 Å². The number of anilines is 1. The van der Waals surface area contributed by atoms with E-state index in [4.69, 9.17) is 14.7 Å². The van der Waals surface area contributed by atoms with Crippen LogP contribution in [0.2, 0.25) is 0 Å². The van der Waals surface area contributed by atoms with Gasteiger partial charge in [0.25, 0.3) is 5.91 Å². The van der Waals surface area contributed by atoms with Crippen molar-refractivity contribution in [2.24, 2.45) is 0 Å². The number of hydrogen-bond donors (Lipinski definition) is 0. The van der Waals surface area contributed by atoms with Gasteiger partial charge in [-0.05, 0) is 29.8 Å². The standard InChI is InChI=1S/C25H22N2O4/c26-16-9-17-27(21-12-5-2-6-13-21)24(28)19-31-25(29)22-14-7-8-15-23(22)30-18-20-10-3-1-4-11-20/h1-8,10-15H,9,17-19H2. The van der Waals surface area contributed by atoms with Crippen LogP contribution >= 0.6 is 0 Å². The van der Waals surface area contributed by atoms with E-state index >= 15 is 0 Å². The molecule has 0 aliphatic heterocycles. The van der Waals surface area contributed by atoms with Crippen LogP contribution in [0.3, 0.4) is 0 Å². The van der Waals surface area contributed by atoms with Crippen molar-refractivity contribution in [1.82, 2.24) is 0 Å². The van der Waals surface area contributed by atoms with E-state index in [0.717, 1.165) is 5.56 Å². The predicted molar refractivity (Wildman–Crippen MR) is 117 cm³/mol. The number of nitrogens with zero attached hydrogens (tertiary/aromatic N) is 2. The van der Waals surface area contributed by atoms with Crippen LogP contribution in [-0.4, -0.2) is 25.0 Å². The Morgan fingerprint density at radius 1 is 0.871 bits per heavy atom. The smallest absolute Gasteiger partial charge is 0.342 e. The number of esters is 1. The highest BCUT2D eigenvalue weighted by molar-refractivity contribution is 5.98. The molecule has 3 aromatic carbocycles. The van der Waals surface area contributed by atoms with E-state index in [1.165, 1.54) is 4.90 Å². The molecule has 0 spiro atoms. The third kappa shape index (κ3) is 6.18. The van der Waals surface area contributed by atoms with Gasteiger partial charge in [-0.3, -0.25) is 4.79 Å². The van der Waals surface area contributed by atoms with Crippen molar-refractivity contribution >= 4 is 17.6 Å². The molecule has 3 aromatic rings. The Bertz CT molecular complexity index is 1050. The highest BCUT2D eigenvalue weighted by atomic mass is 16.5. The van der Waals surface area contributed by atoms with Crippen molar-refractivity contribution in [2.45, 2.75) is 13.0 Å². The number of carbonyl (C=O) groups is 2. The molecule has 6 nitrogen and oxygen atoms in total. The van der Waals surface area contributed by atoms with Gasteiger partial charge in [0.15, 0.2) is 6.61 Å². The van der Waals surface area contributed by atoms with Crippen LogP contribution < -0.4 is 9.64 Å². The van der Waals surface area contributed by atoms with Crippen molar-refractivity contribution in [3.05, 3.63) is 96.1 Å². The van der Waals surface area contributed by atoms with Gasteiger partial charge in [0.05, 0.1) is 12.5 Å². The Kier molecular flexibility index (Phi) is 7.78. The van der Waals surface area contributed by atoms with Gasteiger partial charge in [0.1, 0.15) is 17.9 Å². The molecule has 0 unspecified atom stereocenters. The van der Waals surface area contributed by atoms with Gasteiger partial charge in [-0.25, -0.2) is 4.79 Å². The number of carbonyl (C=O) groups excluding carboxylic acids is 2. The Morgan fingerprint density at radius 3 is 2.23 bits per heavy atom. The van der Waals surface area contributed by atoms with E-state index < -0.39 is 18.5 Å². The van der Waals surface area contributed by atoms with E-state index in [1.54, 1.807) is 48.5 Å². The number of rotatable bonds is 9. The summed E-state index contributed by atoms with van der Waals surface area (Å²) in [6.45, 7) is 0.0832. The summed E-state index contributed by atoms with van der Waals surface area (Å²) in [5.74, 6) is -0.670. The lowest BCUT2D eigenvalue weighted by Gasteiger charge is -2.21. The number of para-hydroxylation sites is 2. The second-order valence-electron chi connectivity index (χ2n) is 6.64. The van der Waals surface area contributed by atoms with E-state index in [-0.39, 0.29) is 18.5 Å². The van der Waals surface area contributed by atoms with Gasteiger partial charge < -0.3 is 14.4 Å². The van der Waals surface area contributed by atoms with Crippen LogP contribution in [-0.2, 0) is 16.1 Å². The minimum Gasteiger partial charge on any atom is -0.488 e. The van der Waals surface area contributed by atoms with E-state index in [2.05, 4.69) is 0 Å². The molecule has 31 heavy (non-hydrogen) atoms. The molecule has 0 aliphatic carbocycles. The fourth-order valence-corrected chi connectivity index (χ4v) is 2.95. The molecule has 0 radical (unpaired) electrons. The summed E-state index contributed by atoms with van der Waals surface area (Å²) in [4.78, 5) is 26.8. The van der Waals surface area contributed by atoms with Gasteiger partial charge in [0.2, 0.25) is 0 Å². The van der Waals surface area contributed by atoms with Crippen LogP contribution in [0.25, 0.3) is 0 Å². The molecule has 0 saturated heterocycles. The van der Waals surface area contributed by atoms with Gasteiger partial charge in [-0.1, -0.05) is 60.7 Å². The van der Waals surface area contributed by atoms with Crippen molar-refractivity contribution in [3.63, 3.8) is 0 Å². The summed E-state index contributed by atoms with van der Waals surface area (Å²) in [6.07, 6.45) is 0.171. The zero-order valence-corrected chi connectivity index (χ0v) is 16.9. The van der Waals surface area contributed by atoms with Crippen LogP contribution in [0.4, 0.5) is 5.69 Å². The summed E-state index contributed by atoms with van der Waals surface area (Å²) in [6, 6.07) is 27.4. The lowest BCUT2D eigenvalue weighted by molar-refractivity contribution is -0.121. The Balaban J connectivity index is 1.64. The maximum atomic E-state index is 12.7. The van der Waals surface area contributed by atoms with Gasteiger partial charge in [-0.15, -0.1) is 0 Å². The predicted octanol–water partition coefficient (Wildman–Crippen LogP) is 4.37. The summed E-state index contributed by atoms with van der Waals surface area (Å²) in [5, 5.41) is 8.89. The van der Waals surface area contributed by atoms with Crippen LogP contribution in [0, 0.1) is 11.3 Å². The summed E-state index contributed by atoms with van der Waals surface area (Å²) >= 11 is 0. The molecule has 0 heterocycles. The third-order valence-electron chi connectivity index (χ3n) is 4.49. The molecule has 0 saturated carbocycles. The number of benzene rings is 3. The van der Waals surface area contributed by atoms with Crippen LogP contribution in [0.15, 0.2) is 84.9 Å². The molecule has 0 aliphatic rings. The highest BCUT2D eigenvalue weighted by Crippen LogP contribution is 2.21. The largest absolute Gasteiger partial charge is 0.488 e. The number of ether oxygens (including phenoxy) is 2. The first-order chi connectivity index (χ1) is 15.2. The first-order valence-electron chi connectivity index (χ1n) is 9.84. The van der Waals surface area contributed by atoms with Crippen LogP contribution in [0.1, 0.15) is 22.3 Å². The molecule has 0 bridgehead atoms. The molecule has 0 fully saturated rings. The summed E-state index contributed by atoms with van der Waals surface area (Å²) in [5.41, 5.74) is 1.86. The average Bonchev–Trinajstić information content (AvgIpc) is 2.83. The van der Waals surface area contributed by atoms with Crippen molar-refractivity contribution < 1.29 is 19.1 Å². The number of nitriles is 1. The second kappa shape index (κ2) is 11.2. The molecule has 0 aromatic heterocycles. The first kappa shape index (κ1) is 21.6. The minimum absolute atomic E-state index is 0.171. The zero-order valence-electron chi connectivity index (χ0n) is 16.9. The maximum Gasteiger partial charge on any atom is 0.342 e. The molecule has 0 N–H and O–H groups in total. The fourth-order valence-electron chi connectivity index (χ4n) is 2.95. The van der Waals surface area contributed by atoms with Crippen molar-refractivity contribution in [2.75, 3.05) is 18.1 Å². The van der Waals surface area contributed by atoms with Crippen molar-refractivity contribution in [3.8, 4) is 11.8 Å². The maximum absolute atomic E-state index is 12.7. The lowest BCUT2D eigenvalue weighted by atomic mass is 10.2. The zero-order chi connectivity index (χ0) is 21.9. The normalized spacial score (nSPS) is 10.0. The molecule has 156 valence electrons. The summed E-state index contributed by atoms with van der Waals surface area (Å²) < 4.78 is 11.1. The molecular weight excluding hydrogens is 392 g/mol. The molecular formula is C25H22N2O4. The van der Waals surface area contributed by atoms with Crippen LogP contribution in [0.5, 0.6) is 5.75 Å². The molecule has 3 rings (SSSR count). The Hall–Kier alpha value is -4.11. The topological polar surface area (TPSA) is 79.6 Å². The molecule has 1 amide bonds. The Labute approximate surface area is 181 Å². The monoisotopic (exact) mass is 414 g/mol. The van der Waals surface area contributed by atoms with E-state index in [0.29, 0.717) is 18.0 Å². The quantitative estimate of drug-likeness (QED) is 0.486. The second-order valence-corrected chi connectivity index (χ2v) is 6.64. The average molecular weight is 414 g/mol. The number of amides is 1. The third-order valence-corrected chi connectivity index (χ3v) is 4.49. The van der Waals surface area contributed by atoms with E-state index in [1.807, 2.05) is 42.5 Å². The lowest BCUT2D eigenvalue weighted by Crippen LogP contribution is -2.35. The fraction of sp³-hybridized carbons (Fsp3) is 0.160. The van der Waals surface area contributed by atoms with Gasteiger partial charge in [0, 0.05) is 12.2 Å². The first-order valence-corrected chi connectivity index (χ1v) is 9.84. The number of hydrogen-bond acceptors (Lipinski definition) is 5. The van der Waals surface area contributed by atoms with Gasteiger partial charge in [-0.2, -0.15) is 5.26 Å². The van der Waals surface area contributed by atoms with Gasteiger partial charge >= 0.3 is 5.97 Å². The Morgan fingerprint density at radius 2 is 1.52 bits per heavy atom. The minimum atomic E-state index is -0.648. The molecule has 6 heteroatoms. The SMILES string of the molecule is N#CCCN(C(=O)COC(=O)c1ccccc1OCc1ccccc1)c1ccccc1. The van der Waals surface area contributed by atoms with E-state index in [9.17, 15) is 9.59 Å². The highest BCUT2D eigenvalue weighted by Gasteiger charge is 2.20. The molecule has 0 atom stereocenters.